The van der Waals surface area contributed by atoms with Crippen LogP contribution in [0.3, 0.4) is 0 Å². The van der Waals surface area contributed by atoms with Gasteiger partial charge in [0.15, 0.2) is 5.82 Å². The molecule has 1 aliphatic heterocycles. The van der Waals surface area contributed by atoms with Crippen LogP contribution in [0.2, 0.25) is 0 Å². The van der Waals surface area contributed by atoms with Crippen molar-refractivity contribution in [2.24, 2.45) is 0 Å². The van der Waals surface area contributed by atoms with E-state index in [-0.39, 0.29) is 0 Å². The molecule has 3 rings (SSSR count). The summed E-state index contributed by atoms with van der Waals surface area (Å²) in [4.78, 5) is 0. The van der Waals surface area contributed by atoms with E-state index >= 15 is 0 Å². The van der Waals surface area contributed by atoms with Crippen molar-refractivity contribution in [3.63, 3.8) is 0 Å². The van der Waals surface area contributed by atoms with Crippen molar-refractivity contribution in [3.8, 4) is 11.3 Å². The molecular formula is C13H15N3. The molecule has 0 amide bonds. The maximum atomic E-state index is 4.32. The van der Waals surface area contributed by atoms with E-state index < -0.39 is 0 Å². The quantitative estimate of drug-likeness (QED) is 0.764. The number of benzene rings is 1. The van der Waals surface area contributed by atoms with Crippen molar-refractivity contribution in [3.05, 3.63) is 35.4 Å². The van der Waals surface area contributed by atoms with E-state index in [1.165, 1.54) is 28.8 Å². The fourth-order valence-electron chi connectivity index (χ4n) is 2.19. The summed E-state index contributed by atoms with van der Waals surface area (Å²) >= 11 is 0. The Hall–Kier alpha value is -1.77. The van der Waals surface area contributed by atoms with E-state index in [2.05, 4.69) is 46.7 Å². The summed E-state index contributed by atoms with van der Waals surface area (Å²) < 4.78 is 0. The van der Waals surface area contributed by atoms with Gasteiger partial charge in [0.1, 0.15) is 0 Å². The second kappa shape index (κ2) is 3.67. The number of hydrogen-bond acceptors (Lipinski definition) is 2. The fraction of sp³-hybridized carbons (Fsp3) is 0.308. The van der Waals surface area contributed by atoms with E-state index in [4.69, 9.17) is 0 Å². The van der Waals surface area contributed by atoms with E-state index in [1.807, 2.05) is 0 Å². The van der Waals surface area contributed by atoms with Crippen LogP contribution in [0.15, 0.2) is 24.3 Å². The van der Waals surface area contributed by atoms with E-state index in [9.17, 15) is 0 Å². The highest BCUT2D eigenvalue weighted by atomic mass is 15.2. The number of hydrogen-bond donors (Lipinski definition) is 2. The van der Waals surface area contributed by atoms with Crippen LogP contribution in [0, 0.1) is 6.92 Å². The standard InChI is InChI=1S/C13H15N3/c1-9-4-6-10(7-5-9)12-11-3-2-8-14-13(11)16-15-12/h4-7H,2-3,8H2,1H3,(H2,14,15,16). The Morgan fingerprint density at radius 1 is 1.19 bits per heavy atom. The summed E-state index contributed by atoms with van der Waals surface area (Å²) in [5.74, 6) is 1.03. The SMILES string of the molecule is Cc1ccc(-c2[nH]nc3c2CCCN3)cc1. The first-order valence-electron chi connectivity index (χ1n) is 5.73. The molecule has 0 aliphatic carbocycles. The third kappa shape index (κ3) is 1.48. The van der Waals surface area contributed by atoms with E-state index in [0.29, 0.717) is 0 Å². The minimum atomic E-state index is 1.03. The van der Waals surface area contributed by atoms with Crippen LogP contribution in [-0.4, -0.2) is 16.7 Å². The lowest BCUT2D eigenvalue weighted by Gasteiger charge is -2.13. The molecule has 0 saturated heterocycles. The summed E-state index contributed by atoms with van der Waals surface area (Å²) in [6, 6.07) is 8.58. The number of anilines is 1. The van der Waals surface area contributed by atoms with Gasteiger partial charge in [0, 0.05) is 12.1 Å². The monoisotopic (exact) mass is 213 g/mol. The van der Waals surface area contributed by atoms with Crippen molar-refractivity contribution in [1.29, 1.82) is 0 Å². The van der Waals surface area contributed by atoms with Crippen LogP contribution in [0.4, 0.5) is 5.82 Å². The van der Waals surface area contributed by atoms with Gasteiger partial charge in [0.05, 0.1) is 5.69 Å². The van der Waals surface area contributed by atoms with Gasteiger partial charge in [0.2, 0.25) is 0 Å². The number of H-pyrrole nitrogens is 1. The van der Waals surface area contributed by atoms with Gasteiger partial charge in [-0.25, -0.2) is 0 Å². The molecule has 0 radical (unpaired) electrons. The lowest BCUT2D eigenvalue weighted by Crippen LogP contribution is -2.10. The number of fused-ring (bicyclic) bond motifs is 1. The maximum Gasteiger partial charge on any atom is 0.151 e. The largest absolute Gasteiger partial charge is 0.368 e. The first-order chi connectivity index (χ1) is 7.84. The predicted octanol–water partition coefficient (Wildman–Crippen LogP) is 2.74. The Kier molecular flexibility index (Phi) is 2.17. The Morgan fingerprint density at radius 2 is 2.00 bits per heavy atom. The molecule has 1 aromatic carbocycles. The molecule has 2 N–H and O–H groups in total. The zero-order valence-corrected chi connectivity index (χ0v) is 9.38. The molecule has 82 valence electrons. The second-order valence-electron chi connectivity index (χ2n) is 4.32. The summed E-state index contributed by atoms with van der Waals surface area (Å²) in [5.41, 5.74) is 5.01. The van der Waals surface area contributed by atoms with Crippen LogP contribution in [0.5, 0.6) is 0 Å². The Bertz CT molecular complexity index is 496. The number of nitrogens with one attached hydrogen (secondary N) is 2. The van der Waals surface area contributed by atoms with Gasteiger partial charge in [-0.2, -0.15) is 5.10 Å². The molecule has 3 heteroatoms. The fourth-order valence-corrected chi connectivity index (χ4v) is 2.19. The zero-order valence-electron chi connectivity index (χ0n) is 9.38. The number of nitrogens with zero attached hydrogens (tertiary/aromatic N) is 1. The van der Waals surface area contributed by atoms with Crippen molar-refractivity contribution >= 4 is 5.82 Å². The topological polar surface area (TPSA) is 40.7 Å². The third-order valence-corrected chi connectivity index (χ3v) is 3.10. The van der Waals surface area contributed by atoms with Crippen LogP contribution < -0.4 is 5.32 Å². The molecule has 0 spiro atoms. The Labute approximate surface area is 94.9 Å². The normalized spacial score (nSPS) is 14.3. The van der Waals surface area contributed by atoms with Crippen LogP contribution in [-0.2, 0) is 6.42 Å². The van der Waals surface area contributed by atoms with Crippen molar-refractivity contribution in [2.45, 2.75) is 19.8 Å². The van der Waals surface area contributed by atoms with Gasteiger partial charge in [-0.3, -0.25) is 5.10 Å². The highest BCUT2D eigenvalue weighted by Crippen LogP contribution is 2.30. The van der Waals surface area contributed by atoms with Gasteiger partial charge < -0.3 is 5.32 Å². The minimum absolute atomic E-state index is 1.03. The van der Waals surface area contributed by atoms with Crippen LogP contribution in [0.1, 0.15) is 17.5 Å². The highest BCUT2D eigenvalue weighted by molar-refractivity contribution is 5.69. The smallest absolute Gasteiger partial charge is 0.151 e. The molecule has 2 heterocycles. The summed E-state index contributed by atoms with van der Waals surface area (Å²) in [5, 5.41) is 10.8. The number of aromatic amines is 1. The Morgan fingerprint density at radius 3 is 2.81 bits per heavy atom. The van der Waals surface area contributed by atoms with Crippen molar-refractivity contribution < 1.29 is 0 Å². The number of aryl methyl sites for hydroxylation is 1. The molecule has 0 saturated carbocycles. The van der Waals surface area contributed by atoms with Gasteiger partial charge in [-0.05, 0) is 25.3 Å². The predicted molar refractivity (Wildman–Crippen MR) is 65.6 cm³/mol. The summed E-state index contributed by atoms with van der Waals surface area (Å²) in [6.07, 6.45) is 2.30. The van der Waals surface area contributed by atoms with Crippen LogP contribution >= 0.6 is 0 Å². The third-order valence-electron chi connectivity index (χ3n) is 3.10. The molecule has 0 fully saturated rings. The lowest BCUT2D eigenvalue weighted by molar-refractivity contribution is 0.828. The van der Waals surface area contributed by atoms with E-state index in [1.54, 1.807) is 0 Å². The molecule has 0 bridgehead atoms. The molecule has 16 heavy (non-hydrogen) atoms. The minimum Gasteiger partial charge on any atom is -0.368 e. The number of aromatic nitrogens is 2. The van der Waals surface area contributed by atoms with Gasteiger partial charge >= 0.3 is 0 Å². The van der Waals surface area contributed by atoms with Gasteiger partial charge in [-0.15, -0.1) is 0 Å². The summed E-state index contributed by atoms with van der Waals surface area (Å²) in [6.45, 7) is 3.14. The Balaban J connectivity index is 2.06. The molecular weight excluding hydrogens is 198 g/mol. The van der Waals surface area contributed by atoms with Crippen molar-refractivity contribution in [2.75, 3.05) is 11.9 Å². The molecule has 1 aromatic heterocycles. The summed E-state index contributed by atoms with van der Waals surface area (Å²) in [7, 11) is 0. The van der Waals surface area contributed by atoms with Gasteiger partial charge in [-0.1, -0.05) is 29.8 Å². The van der Waals surface area contributed by atoms with Crippen LogP contribution in [0.25, 0.3) is 11.3 Å². The van der Waals surface area contributed by atoms with E-state index in [0.717, 1.165) is 18.8 Å². The molecule has 3 nitrogen and oxygen atoms in total. The average molecular weight is 213 g/mol. The number of rotatable bonds is 1. The first kappa shape index (κ1) is 9.46. The molecule has 1 aliphatic rings. The average Bonchev–Trinajstić information content (AvgIpc) is 2.74. The molecule has 0 unspecified atom stereocenters. The lowest BCUT2D eigenvalue weighted by atomic mass is 10.0. The highest BCUT2D eigenvalue weighted by Gasteiger charge is 2.17. The van der Waals surface area contributed by atoms with Crippen molar-refractivity contribution in [1.82, 2.24) is 10.2 Å². The molecule has 0 atom stereocenters. The maximum absolute atomic E-state index is 4.32. The molecule has 2 aromatic rings. The first-order valence-corrected chi connectivity index (χ1v) is 5.73. The van der Waals surface area contributed by atoms with Gasteiger partial charge in [0.25, 0.3) is 0 Å². The zero-order chi connectivity index (χ0) is 11.0. The second-order valence-corrected chi connectivity index (χ2v) is 4.32.